The summed E-state index contributed by atoms with van der Waals surface area (Å²) in [6.07, 6.45) is 1.39. The lowest BCUT2D eigenvalue weighted by molar-refractivity contribution is -0.146. The van der Waals surface area contributed by atoms with Crippen LogP contribution >= 0.6 is 11.6 Å². The second kappa shape index (κ2) is 7.27. The molecule has 0 unspecified atom stereocenters. The predicted molar refractivity (Wildman–Crippen MR) is 92.6 cm³/mol. The molecule has 0 fully saturated rings. The number of hydrogen-bond acceptors (Lipinski definition) is 5. The van der Waals surface area contributed by atoms with Gasteiger partial charge in [0.1, 0.15) is 11.3 Å². The van der Waals surface area contributed by atoms with E-state index in [4.69, 9.17) is 20.8 Å². The van der Waals surface area contributed by atoms with Crippen LogP contribution in [0.15, 0.2) is 53.1 Å². The van der Waals surface area contributed by atoms with Crippen molar-refractivity contribution in [1.82, 2.24) is 0 Å². The van der Waals surface area contributed by atoms with Crippen LogP contribution in [0.5, 0.6) is 5.75 Å². The number of phenols is 1. The van der Waals surface area contributed by atoms with Crippen molar-refractivity contribution >= 4 is 40.1 Å². The molecule has 128 valence electrons. The molecule has 3 rings (SSSR count). The Labute approximate surface area is 148 Å². The molecule has 2 N–H and O–H groups in total. The summed E-state index contributed by atoms with van der Waals surface area (Å²) in [5.41, 5.74) is 1.66. The van der Waals surface area contributed by atoms with Crippen LogP contribution in [-0.4, -0.2) is 23.6 Å². The first kappa shape index (κ1) is 16.9. The fourth-order valence-electron chi connectivity index (χ4n) is 2.29. The van der Waals surface area contributed by atoms with Crippen molar-refractivity contribution in [2.75, 3.05) is 11.9 Å². The number of carbonyl (C=O) groups excluding carboxylic acids is 2. The van der Waals surface area contributed by atoms with Gasteiger partial charge < -0.3 is 19.6 Å². The van der Waals surface area contributed by atoms with Gasteiger partial charge in [-0.05, 0) is 36.4 Å². The van der Waals surface area contributed by atoms with Gasteiger partial charge in [-0.2, -0.15) is 0 Å². The lowest BCUT2D eigenvalue weighted by Crippen LogP contribution is -2.21. The van der Waals surface area contributed by atoms with Crippen molar-refractivity contribution in [3.05, 3.63) is 59.3 Å². The SMILES string of the molecule is O=C(COC(=O)Cc1coc2cc(O)ccc12)Nc1ccc(Cl)cc1. The number of anilines is 1. The number of fused-ring (bicyclic) bond motifs is 1. The molecular formula is C18H14ClNO5. The third kappa shape index (κ3) is 4.30. The minimum Gasteiger partial charge on any atom is -0.508 e. The highest BCUT2D eigenvalue weighted by Crippen LogP contribution is 2.25. The van der Waals surface area contributed by atoms with Crippen molar-refractivity contribution in [3.63, 3.8) is 0 Å². The van der Waals surface area contributed by atoms with Crippen molar-refractivity contribution in [2.24, 2.45) is 0 Å². The molecule has 25 heavy (non-hydrogen) atoms. The van der Waals surface area contributed by atoms with Crippen LogP contribution in [0.3, 0.4) is 0 Å². The second-order valence-corrected chi connectivity index (χ2v) is 5.77. The Morgan fingerprint density at radius 1 is 1.16 bits per heavy atom. The Morgan fingerprint density at radius 3 is 2.68 bits per heavy atom. The monoisotopic (exact) mass is 359 g/mol. The van der Waals surface area contributed by atoms with E-state index in [2.05, 4.69) is 5.32 Å². The first-order valence-corrected chi connectivity index (χ1v) is 7.79. The highest BCUT2D eigenvalue weighted by molar-refractivity contribution is 6.30. The van der Waals surface area contributed by atoms with E-state index >= 15 is 0 Å². The molecule has 0 atom stereocenters. The molecule has 3 aromatic rings. The summed E-state index contributed by atoms with van der Waals surface area (Å²) < 4.78 is 10.3. The number of esters is 1. The summed E-state index contributed by atoms with van der Waals surface area (Å²) in [5.74, 6) is -0.922. The number of phenolic OH excluding ortho intramolecular Hbond substituents is 1. The molecule has 6 nitrogen and oxygen atoms in total. The van der Waals surface area contributed by atoms with Crippen LogP contribution in [-0.2, 0) is 20.7 Å². The first-order valence-electron chi connectivity index (χ1n) is 7.41. The zero-order valence-electron chi connectivity index (χ0n) is 13.0. The van der Waals surface area contributed by atoms with Crippen LogP contribution < -0.4 is 5.32 Å². The Bertz CT molecular complexity index is 917. The number of benzene rings is 2. The van der Waals surface area contributed by atoms with E-state index in [9.17, 15) is 14.7 Å². The molecule has 1 aromatic heterocycles. The summed E-state index contributed by atoms with van der Waals surface area (Å²) in [5, 5.41) is 13.3. The molecule has 7 heteroatoms. The average molecular weight is 360 g/mol. The third-order valence-electron chi connectivity index (χ3n) is 3.47. The Kier molecular flexibility index (Phi) is 4.90. The van der Waals surface area contributed by atoms with Crippen molar-refractivity contribution in [3.8, 4) is 5.75 Å². The molecular weight excluding hydrogens is 346 g/mol. The van der Waals surface area contributed by atoms with E-state index in [1.807, 2.05) is 0 Å². The van der Waals surface area contributed by atoms with Gasteiger partial charge in [-0.1, -0.05) is 11.6 Å². The van der Waals surface area contributed by atoms with Crippen LogP contribution in [0.25, 0.3) is 11.0 Å². The number of ether oxygens (including phenoxy) is 1. The summed E-state index contributed by atoms with van der Waals surface area (Å²) in [6, 6.07) is 11.2. The maximum Gasteiger partial charge on any atom is 0.310 e. The van der Waals surface area contributed by atoms with Gasteiger partial charge >= 0.3 is 5.97 Å². The third-order valence-corrected chi connectivity index (χ3v) is 3.72. The number of aromatic hydroxyl groups is 1. The Hall–Kier alpha value is -2.99. The van der Waals surface area contributed by atoms with Gasteiger partial charge in [0.05, 0.1) is 12.7 Å². The van der Waals surface area contributed by atoms with Gasteiger partial charge in [0.2, 0.25) is 0 Å². The number of halogens is 1. The maximum atomic E-state index is 11.9. The van der Waals surface area contributed by atoms with Crippen LogP contribution in [0.4, 0.5) is 5.69 Å². The number of furan rings is 1. The molecule has 1 heterocycles. The van der Waals surface area contributed by atoms with Crippen molar-refractivity contribution < 1.29 is 23.8 Å². The molecule has 0 aliphatic heterocycles. The van der Waals surface area contributed by atoms with Crippen LogP contribution in [0.1, 0.15) is 5.56 Å². The van der Waals surface area contributed by atoms with E-state index in [0.29, 0.717) is 27.2 Å². The van der Waals surface area contributed by atoms with Crippen LogP contribution in [0.2, 0.25) is 5.02 Å². The molecule has 0 spiro atoms. The molecule has 0 bridgehead atoms. The van der Waals surface area contributed by atoms with Gasteiger partial charge in [0, 0.05) is 27.7 Å². The number of carbonyl (C=O) groups is 2. The Morgan fingerprint density at radius 2 is 1.92 bits per heavy atom. The predicted octanol–water partition coefficient (Wildman–Crippen LogP) is 3.52. The molecule has 2 aromatic carbocycles. The molecule has 0 saturated heterocycles. The van der Waals surface area contributed by atoms with E-state index in [-0.39, 0.29) is 12.2 Å². The molecule has 0 aliphatic carbocycles. The summed E-state index contributed by atoms with van der Waals surface area (Å²) >= 11 is 5.77. The average Bonchev–Trinajstić information content (AvgIpc) is 2.97. The smallest absolute Gasteiger partial charge is 0.310 e. The molecule has 0 radical (unpaired) electrons. The molecule has 0 saturated carbocycles. The normalized spacial score (nSPS) is 10.6. The lowest BCUT2D eigenvalue weighted by Gasteiger charge is -2.06. The Balaban J connectivity index is 1.53. The highest BCUT2D eigenvalue weighted by atomic mass is 35.5. The highest BCUT2D eigenvalue weighted by Gasteiger charge is 2.13. The number of rotatable bonds is 5. The van der Waals surface area contributed by atoms with Gasteiger partial charge in [-0.15, -0.1) is 0 Å². The molecule has 0 aliphatic rings. The summed E-state index contributed by atoms with van der Waals surface area (Å²) in [7, 11) is 0. The van der Waals surface area contributed by atoms with Gasteiger partial charge in [0.15, 0.2) is 6.61 Å². The zero-order valence-corrected chi connectivity index (χ0v) is 13.7. The summed E-state index contributed by atoms with van der Waals surface area (Å²) in [4.78, 5) is 23.7. The molecule has 1 amide bonds. The summed E-state index contributed by atoms with van der Waals surface area (Å²) in [6.45, 7) is -0.391. The zero-order chi connectivity index (χ0) is 17.8. The fraction of sp³-hybridized carbons (Fsp3) is 0.111. The van der Waals surface area contributed by atoms with E-state index in [1.54, 1.807) is 30.3 Å². The minimum atomic E-state index is -0.554. The number of hydrogen-bond donors (Lipinski definition) is 2. The number of amides is 1. The lowest BCUT2D eigenvalue weighted by atomic mass is 10.1. The van der Waals surface area contributed by atoms with E-state index < -0.39 is 18.5 Å². The maximum absolute atomic E-state index is 11.9. The largest absolute Gasteiger partial charge is 0.508 e. The van der Waals surface area contributed by atoms with Crippen LogP contribution in [0, 0.1) is 0 Å². The first-order chi connectivity index (χ1) is 12.0. The second-order valence-electron chi connectivity index (χ2n) is 5.33. The quantitative estimate of drug-likeness (QED) is 0.680. The van der Waals surface area contributed by atoms with E-state index in [1.165, 1.54) is 18.4 Å². The van der Waals surface area contributed by atoms with Gasteiger partial charge in [-0.25, -0.2) is 0 Å². The fourth-order valence-corrected chi connectivity index (χ4v) is 2.42. The number of nitrogens with one attached hydrogen (secondary N) is 1. The topological polar surface area (TPSA) is 88.8 Å². The standard InChI is InChI=1S/C18H14ClNO5/c19-12-1-3-13(4-2-12)20-17(22)10-25-18(23)7-11-9-24-16-8-14(21)5-6-15(11)16/h1-6,8-9,21H,7,10H2,(H,20,22). The van der Waals surface area contributed by atoms with Crippen molar-refractivity contribution in [2.45, 2.75) is 6.42 Å². The van der Waals surface area contributed by atoms with E-state index in [0.717, 1.165) is 0 Å². The van der Waals surface area contributed by atoms with Gasteiger partial charge in [-0.3, -0.25) is 9.59 Å². The minimum absolute atomic E-state index is 0.0357. The van der Waals surface area contributed by atoms with Gasteiger partial charge in [0.25, 0.3) is 5.91 Å². The van der Waals surface area contributed by atoms with Crippen molar-refractivity contribution in [1.29, 1.82) is 0 Å².